The van der Waals surface area contributed by atoms with E-state index in [1.54, 1.807) is 0 Å². The van der Waals surface area contributed by atoms with Crippen molar-refractivity contribution in [3.8, 4) is 0 Å². The van der Waals surface area contributed by atoms with Gasteiger partial charge in [-0.3, -0.25) is 4.90 Å². The molecule has 0 aromatic carbocycles. The summed E-state index contributed by atoms with van der Waals surface area (Å²) in [6.07, 6.45) is 9.82. The molecule has 2 heteroatoms. The van der Waals surface area contributed by atoms with Gasteiger partial charge in [0.05, 0.1) is 0 Å². The maximum absolute atomic E-state index is 3.75. The summed E-state index contributed by atoms with van der Waals surface area (Å²) in [7, 11) is 0. The highest BCUT2D eigenvalue weighted by molar-refractivity contribution is 4.91. The molecule has 3 atom stereocenters. The second kappa shape index (κ2) is 6.91. The molecular weight excluding hydrogens is 220 g/mol. The normalized spacial score (nSPS) is 32.8. The number of hydrogen-bond acceptors (Lipinski definition) is 2. The van der Waals surface area contributed by atoms with Gasteiger partial charge in [0.2, 0.25) is 0 Å². The fourth-order valence-corrected chi connectivity index (χ4v) is 4.02. The van der Waals surface area contributed by atoms with Gasteiger partial charge in [-0.2, -0.15) is 0 Å². The molecule has 0 aromatic rings. The van der Waals surface area contributed by atoms with Crippen LogP contribution < -0.4 is 5.32 Å². The summed E-state index contributed by atoms with van der Waals surface area (Å²) in [6.45, 7) is 9.63. The van der Waals surface area contributed by atoms with E-state index in [1.165, 1.54) is 58.0 Å². The molecule has 0 spiro atoms. The molecule has 1 aliphatic carbocycles. The van der Waals surface area contributed by atoms with Gasteiger partial charge >= 0.3 is 0 Å². The Bertz CT molecular complexity index is 235. The zero-order chi connectivity index (χ0) is 13.0. The SMILES string of the molecule is CCCC1CN(C(C)C2CCCC2)C(CC)CN1. The van der Waals surface area contributed by atoms with Crippen molar-refractivity contribution in [1.82, 2.24) is 10.2 Å². The van der Waals surface area contributed by atoms with E-state index in [2.05, 4.69) is 31.0 Å². The van der Waals surface area contributed by atoms with Crippen LogP contribution in [-0.2, 0) is 0 Å². The van der Waals surface area contributed by atoms with E-state index in [0.29, 0.717) is 0 Å². The molecule has 1 saturated carbocycles. The molecule has 1 N–H and O–H groups in total. The van der Waals surface area contributed by atoms with Gasteiger partial charge in [0.15, 0.2) is 0 Å². The highest BCUT2D eigenvalue weighted by atomic mass is 15.3. The van der Waals surface area contributed by atoms with Crippen molar-refractivity contribution in [2.75, 3.05) is 13.1 Å². The zero-order valence-corrected chi connectivity index (χ0v) is 12.6. The van der Waals surface area contributed by atoms with Crippen molar-refractivity contribution in [1.29, 1.82) is 0 Å². The molecule has 1 saturated heterocycles. The largest absolute Gasteiger partial charge is 0.311 e. The molecule has 106 valence electrons. The smallest absolute Gasteiger partial charge is 0.0221 e. The topological polar surface area (TPSA) is 15.3 Å². The van der Waals surface area contributed by atoms with Crippen molar-refractivity contribution >= 4 is 0 Å². The molecule has 0 radical (unpaired) electrons. The zero-order valence-electron chi connectivity index (χ0n) is 12.6. The van der Waals surface area contributed by atoms with E-state index >= 15 is 0 Å². The summed E-state index contributed by atoms with van der Waals surface area (Å²) in [4.78, 5) is 2.84. The molecular formula is C16H32N2. The highest BCUT2D eigenvalue weighted by Crippen LogP contribution is 2.32. The van der Waals surface area contributed by atoms with Crippen molar-refractivity contribution in [2.45, 2.75) is 83.8 Å². The Hall–Kier alpha value is -0.0800. The first kappa shape index (κ1) is 14.3. The van der Waals surface area contributed by atoms with Crippen LogP contribution in [0.2, 0.25) is 0 Å². The molecule has 0 amide bonds. The lowest BCUT2D eigenvalue weighted by molar-refractivity contribution is 0.0566. The molecule has 0 bridgehead atoms. The van der Waals surface area contributed by atoms with Gasteiger partial charge in [0.1, 0.15) is 0 Å². The highest BCUT2D eigenvalue weighted by Gasteiger charge is 2.33. The summed E-state index contributed by atoms with van der Waals surface area (Å²) in [5.41, 5.74) is 0. The Morgan fingerprint density at radius 1 is 1.22 bits per heavy atom. The van der Waals surface area contributed by atoms with Crippen LogP contribution in [0.4, 0.5) is 0 Å². The van der Waals surface area contributed by atoms with Gasteiger partial charge in [0.25, 0.3) is 0 Å². The minimum absolute atomic E-state index is 0.738. The summed E-state index contributed by atoms with van der Waals surface area (Å²) >= 11 is 0. The van der Waals surface area contributed by atoms with Crippen LogP contribution in [-0.4, -0.2) is 36.1 Å². The number of rotatable bonds is 5. The first-order valence-electron chi connectivity index (χ1n) is 8.25. The van der Waals surface area contributed by atoms with Crippen LogP contribution in [0.15, 0.2) is 0 Å². The van der Waals surface area contributed by atoms with Gasteiger partial charge in [-0.15, -0.1) is 0 Å². The second-order valence-electron chi connectivity index (χ2n) is 6.44. The van der Waals surface area contributed by atoms with E-state index in [4.69, 9.17) is 0 Å². The third kappa shape index (κ3) is 3.27. The molecule has 0 aromatic heterocycles. The van der Waals surface area contributed by atoms with Gasteiger partial charge < -0.3 is 5.32 Å². The van der Waals surface area contributed by atoms with E-state index in [9.17, 15) is 0 Å². The predicted molar refractivity (Wildman–Crippen MR) is 78.9 cm³/mol. The minimum Gasteiger partial charge on any atom is -0.311 e. The second-order valence-corrected chi connectivity index (χ2v) is 6.44. The number of nitrogens with zero attached hydrogens (tertiary/aromatic N) is 1. The van der Waals surface area contributed by atoms with Crippen LogP contribution in [0.3, 0.4) is 0 Å². The average Bonchev–Trinajstić information content (AvgIpc) is 2.92. The Kier molecular flexibility index (Phi) is 5.50. The van der Waals surface area contributed by atoms with Crippen molar-refractivity contribution in [3.05, 3.63) is 0 Å². The summed E-state index contributed by atoms with van der Waals surface area (Å²) in [5.74, 6) is 0.972. The quantitative estimate of drug-likeness (QED) is 0.806. The summed E-state index contributed by atoms with van der Waals surface area (Å²) in [6, 6.07) is 2.31. The van der Waals surface area contributed by atoms with Crippen molar-refractivity contribution in [2.24, 2.45) is 5.92 Å². The van der Waals surface area contributed by atoms with E-state index in [0.717, 1.165) is 24.0 Å². The van der Waals surface area contributed by atoms with Gasteiger partial charge in [-0.25, -0.2) is 0 Å². The van der Waals surface area contributed by atoms with Crippen LogP contribution in [0.1, 0.15) is 65.7 Å². The van der Waals surface area contributed by atoms with E-state index in [1.807, 2.05) is 0 Å². The molecule has 1 aliphatic heterocycles. The Labute approximate surface area is 114 Å². The Morgan fingerprint density at radius 3 is 2.56 bits per heavy atom. The maximum atomic E-state index is 3.75. The Morgan fingerprint density at radius 2 is 1.94 bits per heavy atom. The van der Waals surface area contributed by atoms with Crippen LogP contribution >= 0.6 is 0 Å². The maximum Gasteiger partial charge on any atom is 0.0221 e. The summed E-state index contributed by atoms with van der Waals surface area (Å²) < 4.78 is 0. The molecule has 3 unspecified atom stereocenters. The molecule has 2 rings (SSSR count). The van der Waals surface area contributed by atoms with Crippen LogP contribution in [0.5, 0.6) is 0 Å². The fourth-order valence-electron chi connectivity index (χ4n) is 4.02. The lowest BCUT2D eigenvalue weighted by atomic mass is 9.93. The molecule has 18 heavy (non-hydrogen) atoms. The average molecular weight is 252 g/mol. The van der Waals surface area contributed by atoms with Gasteiger partial charge in [-0.1, -0.05) is 33.1 Å². The monoisotopic (exact) mass is 252 g/mol. The third-order valence-corrected chi connectivity index (χ3v) is 5.26. The minimum atomic E-state index is 0.738. The van der Waals surface area contributed by atoms with Gasteiger partial charge in [-0.05, 0) is 38.5 Å². The van der Waals surface area contributed by atoms with E-state index < -0.39 is 0 Å². The molecule has 2 aliphatic rings. The van der Waals surface area contributed by atoms with Crippen LogP contribution in [0, 0.1) is 5.92 Å². The van der Waals surface area contributed by atoms with Crippen molar-refractivity contribution < 1.29 is 0 Å². The van der Waals surface area contributed by atoms with Gasteiger partial charge in [0, 0.05) is 31.2 Å². The Balaban J connectivity index is 1.95. The van der Waals surface area contributed by atoms with Crippen LogP contribution in [0.25, 0.3) is 0 Å². The fraction of sp³-hybridized carbons (Fsp3) is 1.00. The summed E-state index contributed by atoms with van der Waals surface area (Å²) in [5, 5.41) is 3.75. The number of hydrogen-bond donors (Lipinski definition) is 1. The number of nitrogens with one attached hydrogen (secondary N) is 1. The standard InChI is InChI=1S/C16H32N2/c1-4-8-15-12-18(16(5-2)11-17-15)13(3)14-9-6-7-10-14/h13-17H,4-12H2,1-3H3. The molecule has 2 fully saturated rings. The van der Waals surface area contributed by atoms with E-state index in [-0.39, 0.29) is 0 Å². The lowest BCUT2D eigenvalue weighted by Crippen LogP contribution is -2.59. The lowest BCUT2D eigenvalue weighted by Gasteiger charge is -2.45. The first-order chi connectivity index (χ1) is 8.76. The van der Waals surface area contributed by atoms with Crippen molar-refractivity contribution in [3.63, 3.8) is 0 Å². The third-order valence-electron chi connectivity index (χ3n) is 5.26. The number of piperazine rings is 1. The predicted octanol–water partition coefficient (Wildman–Crippen LogP) is 3.42. The first-order valence-corrected chi connectivity index (χ1v) is 8.25. The molecule has 2 nitrogen and oxygen atoms in total. The molecule has 1 heterocycles.